The minimum atomic E-state index is -0.463. The van der Waals surface area contributed by atoms with Gasteiger partial charge >= 0.3 is 0 Å². The molecule has 2 nitrogen and oxygen atoms in total. The Kier molecular flexibility index (Phi) is 2.99. The highest BCUT2D eigenvalue weighted by Gasteiger charge is 2.06. The Hall–Kier alpha value is -1.40. The number of benzene rings is 1. The van der Waals surface area contributed by atoms with Crippen LogP contribution in [0.5, 0.6) is 0 Å². The summed E-state index contributed by atoms with van der Waals surface area (Å²) in [6.07, 6.45) is 0. The van der Waals surface area contributed by atoms with E-state index in [9.17, 15) is 4.39 Å². The van der Waals surface area contributed by atoms with Crippen LogP contribution in [0.4, 0.5) is 4.39 Å². The van der Waals surface area contributed by atoms with E-state index in [2.05, 4.69) is 5.32 Å². The Morgan fingerprint density at radius 3 is 2.77 bits per heavy atom. The van der Waals surface area contributed by atoms with Crippen LogP contribution in [0.3, 0.4) is 0 Å². The van der Waals surface area contributed by atoms with Crippen molar-refractivity contribution in [3.8, 4) is 6.07 Å². The molecular weight excluding hydrogens is 167 g/mol. The first-order valence-electron chi connectivity index (χ1n) is 4.06. The van der Waals surface area contributed by atoms with Crippen molar-refractivity contribution in [2.75, 3.05) is 7.05 Å². The van der Waals surface area contributed by atoms with Gasteiger partial charge in [-0.2, -0.15) is 5.26 Å². The molecule has 0 amide bonds. The van der Waals surface area contributed by atoms with Crippen LogP contribution in [0.15, 0.2) is 18.2 Å². The summed E-state index contributed by atoms with van der Waals surface area (Å²) in [5.41, 5.74) is 1.01. The number of hydrogen-bond donors (Lipinski definition) is 1. The summed E-state index contributed by atoms with van der Waals surface area (Å²) >= 11 is 0. The lowest BCUT2D eigenvalue weighted by atomic mass is 10.1. The van der Waals surface area contributed by atoms with Crippen molar-refractivity contribution in [2.45, 2.75) is 13.0 Å². The second kappa shape index (κ2) is 4.01. The largest absolute Gasteiger partial charge is 0.313 e. The summed E-state index contributed by atoms with van der Waals surface area (Å²) in [5, 5.41) is 11.6. The molecule has 0 aromatic heterocycles. The van der Waals surface area contributed by atoms with Crippen LogP contribution in [0.1, 0.15) is 24.1 Å². The van der Waals surface area contributed by atoms with Crippen molar-refractivity contribution in [3.05, 3.63) is 35.1 Å². The van der Waals surface area contributed by atoms with Crippen LogP contribution in [-0.4, -0.2) is 7.05 Å². The SMILES string of the molecule is CNC(C)c1ccc(F)c(C#N)c1. The van der Waals surface area contributed by atoms with Gasteiger partial charge in [0.15, 0.2) is 0 Å². The van der Waals surface area contributed by atoms with Crippen LogP contribution < -0.4 is 5.32 Å². The molecule has 13 heavy (non-hydrogen) atoms. The van der Waals surface area contributed by atoms with Gasteiger partial charge in [0.2, 0.25) is 0 Å². The Morgan fingerprint density at radius 2 is 2.23 bits per heavy atom. The van der Waals surface area contributed by atoms with Crippen LogP contribution in [0.2, 0.25) is 0 Å². The summed E-state index contributed by atoms with van der Waals surface area (Å²) in [4.78, 5) is 0. The Balaban J connectivity index is 3.08. The van der Waals surface area contributed by atoms with Crippen LogP contribution >= 0.6 is 0 Å². The summed E-state index contributed by atoms with van der Waals surface area (Å²) in [5.74, 6) is -0.463. The molecule has 1 atom stereocenters. The molecular formula is C10H11FN2. The lowest BCUT2D eigenvalue weighted by molar-refractivity contribution is 0.615. The molecule has 1 aromatic rings. The molecule has 1 aromatic carbocycles. The number of hydrogen-bond acceptors (Lipinski definition) is 2. The van der Waals surface area contributed by atoms with Gasteiger partial charge in [-0.1, -0.05) is 6.07 Å². The number of rotatable bonds is 2. The summed E-state index contributed by atoms with van der Waals surface area (Å²) in [7, 11) is 1.82. The maximum atomic E-state index is 12.9. The highest BCUT2D eigenvalue weighted by atomic mass is 19.1. The van der Waals surface area contributed by atoms with Gasteiger partial charge in [0.05, 0.1) is 5.56 Å². The zero-order chi connectivity index (χ0) is 9.84. The number of nitrogens with one attached hydrogen (secondary N) is 1. The quantitative estimate of drug-likeness (QED) is 0.751. The summed E-state index contributed by atoms with van der Waals surface area (Å²) in [6.45, 7) is 1.95. The van der Waals surface area contributed by atoms with Crippen LogP contribution in [0.25, 0.3) is 0 Å². The second-order valence-electron chi connectivity index (χ2n) is 2.86. The Bertz CT molecular complexity index is 341. The second-order valence-corrected chi connectivity index (χ2v) is 2.86. The van der Waals surface area contributed by atoms with Gasteiger partial charge in [-0.05, 0) is 31.7 Å². The Labute approximate surface area is 77.0 Å². The first-order valence-corrected chi connectivity index (χ1v) is 4.06. The molecule has 1 unspecified atom stereocenters. The van der Waals surface area contributed by atoms with Crippen LogP contribution in [0, 0.1) is 17.1 Å². The molecule has 0 aliphatic rings. The molecule has 1 rings (SSSR count). The molecule has 0 fully saturated rings. The molecule has 0 saturated carbocycles. The fourth-order valence-corrected chi connectivity index (χ4v) is 1.06. The number of halogens is 1. The molecule has 0 heterocycles. The van der Waals surface area contributed by atoms with Gasteiger partial charge in [0.1, 0.15) is 11.9 Å². The normalized spacial score (nSPS) is 12.2. The fourth-order valence-electron chi connectivity index (χ4n) is 1.06. The predicted octanol–water partition coefficient (Wildman–Crippen LogP) is 1.98. The zero-order valence-corrected chi connectivity index (χ0v) is 7.63. The van der Waals surface area contributed by atoms with Crippen molar-refractivity contribution in [1.82, 2.24) is 5.32 Å². The zero-order valence-electron chi connectivity index (χ0n) is 7.63. The van der Waals surface area contributed by atoms with Gasteiger partial charge in [-0.3, -0.25) is 0 Å². The average Bonchev–Trinajstić information content (AvgIpc) is 2.17. The van der Waals surface area contributed by atoms with E-state index in [0.717, 1.165) is 5.56 Å². The predicted molar refractivity (Wildman–Crippen MR) is 48.6 cm³/mol. The Morgan fingerprint density at radius 1 is 1.54 bits per heavy atom. The van der Waals surface area contributed by atoms with E-state index in [1.54, 1.807) is 12.1 Å². The van der Waals surface area contributed by atoms with E-state index >= 15 is 0 Å². The van der Waals surface area contributed by atoms with E-state index in [1.807, 2.05) is 20.0 Å². The third-order valence-electron chi connectivity index (χ3n) is 2.04. The highest BCUT2D eigenvalue weighted by Crippen LogP contribution is 2.15. The smallest absolute Gasteiger partial charge is 0.140 e. The highest BCUT2D eigenvalue weighted by molar-refractivity contribution is 5.35. The molecule has 0 bridgehead atoms. The first-order chi connectivity index (χ1) is 6.19. The minimum Gasteiger partial charge on any atom is -0.313 e. The molecule has 1 N–H and O–H groups in total. The van der Waals surface area contributed by atoms with Gasteiger partial charge in [-0.25, -0.2) is 4.39 Å². The monoisotopic (exact) mass is 178 g/mol. The number of nitriles is 1. The van der Waals surface area contributed by atoms with E-state index < -0.39 is 5.82 Å². The van der Waals surface area contributed by atoms with Gasteiger partial charge < -0.3 is 5.32 Å². The minimum absolute atomic E-state index is 0.0969. The van der Waals surface area contributed by atoms with Crippen LogP contribution in [-0.2, 0) is 0 Å². The maximum Gasteiger partial charge on any atom is 0.140 e. The lowest BCUT2D eigenvalue weighted by Crippen LogP contribution is -2.12. The molecule has 0 saturated heterocycles. The van der Waals surface area contributed by atoms with Crippen molar-refractivity contribution in [1.29, 1.82) is 5.26 Å². The van der Waals surface area contributed by atoms with E-state index in [1.165, 1.54) is 6.07 Å². The third-order valence-corrected chi connectivity index (χ3v) is 2.04. The van der Waals surface area contributed by atoms with Crippen molar-refractivity contribution in [3.63, 3.8) is 0 Å². The standard InChI is InChI=1S/C10H11FN2/c1-7(13-2)8-3-4-10(11)9(5-8)6-12/h3-5,7,13H,1-2H3. The molecule has 0 aliphatic heterocycles. The number of nitrogens with zero attached hydrogens (tertiary/aromatic N) is 1. The topological polar surface area (TPSA) is 35.8 Å². The molecule has 0 spiro atoms. The van der Waals surface area contributed by atoms with Gasteiger partial charge in [0.25, 0.3) is 0 Å². The lowest BCUT2D eigenvalue weighted by Gasteiger charge is -2.10. The average molecular weight is 178 g/mol. The van der Waals surface area contributed by atoms with Gasteiger partial charge in [0, 0.05) is 6.04 Å². The van der Waals surface area contributed by atoms with Crippen molar-refractivity contribution >= 4 is 0 Å². The van der Waals surface area contributed by atoms with Gasteiger partial charge in [-0.15, -0.1) is 0 Å². The van der Waals surface area contributed by atoms with Crippen molar-refractivity contribution < 1.29 is 4.39 Å². The van der Waals surface area contributed by atoms with Crippen molar-refractivity contribution in [2.24, 2.45) is 0 Å². The van der Waals surface area contributed by atoms with E-state index in [0.29, 0.717) is 0 Å². The van der Waals surface area contributed by atoms with E-state index in [-0.39, 0.29) is 11.6 Å². The maximum absolute atomic E-state index is 12.9. The molecule has 0 radical (unpaired) electrons. The third kappa shape index (κ3) is 2.04. The summed E-state index contributed by atoms with van der Waals surface area (Å²) in [6, 6.07) is 6.51. The van der Waals surface area contributed by atoms with E-state index in [4.69, 9.17) is 5.26 Å². The first kappa shape index (κ1) is 9.69. The molecule has 0 aliphatic carbocycles. The summed E-state index contributed by atoms with van der Waals surface area (Å²) < 4.78 is 12.9. The molecule has 3 heteroatoms. The molecule has 68 valence electrons. The fraction of sp³-hybridized carbons (Fsp3) is 0.300.